The molecular formula is C21H21Br2N3O3. The highest BCUT2D eigenvalue weighted by atomic mass is 79.9. The van der Waals surface area contributed by atoms with Gasteiger partial charge < -0.3 is 14.8 Å². The third kappa shape index (κ3) is 4.87. The van der Waals surface area contributed by atoms with Gasteiger partial charge in [0.25, 0.3) is 0 Å². The molecule has 0 bridgehead atoms. The van der Waals surface area contributed by atoms with E-state index in [9.17, 15) is 9.90 Å². The predicted molar refractivity (Wildman–Crippen MR) is 120 cm³/mol. The first-order valence-corrected chi connectivity index (χ1v) is 10.5. The fraction of sp³-hybridized carbons (Fsp3) is 0.286. The summed E-state index contributed by atoms with van der Waals surface area (Å²) in [6.45, 7) is 8.04. The van der Waals surface area contributed by atoms with Gasteiger partial charge >= 0.3 is 5.91 Å². The molecule has 0 spiro atoms. The number of halogens is 2. The molecule has 0 fully saturated rings. The Bertz CT molecular complexity index is 1110. The molecule has 0 aliphatic rings. The minimum Gasteiger partial charge on any atom is -0.493 e. The third-order valence-corrected chi connectivity index (χ3v) is 5.92. The number of ether oxygens (including phenoxy) is 1. The second kappa shape index (κ2) is 8.28. The molecule has 0 saturated carbocycles. The number of aryl methyl sites for hydroxylation is 1. The molecule has 0 aliphatic carbocycles. The summed E-state index contributed by atoms with van der Waals surface area (Å²) in [5.74, 6) is -0.146. The maximum Gasteiger partial charge on any atom is 0.302 e. The zero-order chi connectivity index (χ0) is 21.3. The molecule has 1 heterocycles. The average Bonchev–Trinajstić information content (AvgIpc) is 2.92. The van der Waals surface area contributed by atoms with Crippen molar-refractivity contribution in [3.8, 4) is 11.6 Å². The van der Waals surface area contributed by atoms with Crippen LogP contribution in [0.25, 0.3) is 10.9 Å². The van der Waals surface area contributed by atoms with E-state index >= 15 is 0 Å². The van der Waals surface area contributed by atoms with Crippen LogP contribution in [-0.4, -0.2) is 22.6 Å². The van der Waals surface area contributed by atoms with Crippen LogP contribution in [0.4, 0.5) is 5.69 Å². The molecule has 2 N–H and O–H groups in total. The van der Waals surface area contributed by atoms with Crippen molar-refractivity contribution in [1.82, 2.24) is 4.98 Å². The molecule has 6 nitrogen and oxygen atoms in total. The molecule has 2 aromatic carbocycles. The van der Waals surface area contributed by atoms with E-state index in [1.165, 1.54) is 0 Å². The molecule has 0 saturated heterocycles. The molecule has 1 amide bonds. The fourth-order valence-electron chi connectivity index (χ4n) is 2.75. The topological polar surface area (TPSA) is 87.0 Å². The van der Waals surface area contributed by atoms with Gasteiger partial charge in [-0.3, -0.25) is 4.79 Å². The molecule has 29 heavy (non-hydrogen) atoms. The van der Waals surface area contributed by atoms with Gasteiger partial charge in [-0.25, -0.2) is 0 Å². The summed E-state index contributed by atoms with van der Waals surface area (Å²) in [5.41, 5.74) is 3.06. The van der Waals surface area contributed by atoms with Crippen molar-refractivity contribution in [3.63, 3.8) is 0 Å². The monoisotopic (exact) mass is 521 g/mol. The van der Waals surface area contributed by atoms with Crippen LogP contribution in [0.3, 0.4) is 0 Å². The van der Waals surface area contributed by atoms with Crippen LogP contribution in [0.5, 0.6) is 11.6 Å². The van der Waals surface area contributed by atoms with Gasteiger partial charge in [0.1, 0.15) is 5.75 Å². The van der Waals surface area contributed by atoms with Crippen LogP contribution in [0.15, 0.2) is 49.5 Å². The van der Waals surface area contributed by atoms with Crippen molar-refractivity contribution in [2.45, 2.75) is 33.1 Å². The highest BCUT2D eigenvalue weighted by Crippen LogP contribution is 2.38. The summed E-state index contributed by atoms with van der Waals surface area (Å²) >= 11 is 6.92. The summed E-state index contributed by atoms with van der Waals surface area (Å²) in [7, 11) is 0. The maximum absolute atomic E-state index is 12.1. The number of nitrogens with one attached hydrogen (secondary N) is 1. The molecule has 3 aromatic rings. The molecule has 0 unspecified atom stereocenters. The van der Waals surface area contributed by atoms with E-state index in [-0.39, 0.29) is 23.6 Å². The number of fused-ring (bicyclic) bond motifs is 1. The number of carbonyl (C=O) groups excluding carboxylic acids is 1. The van der Waals surface area contributed by atoms with E-state index in [0.29, 0.717) is 16.7 Å². The lowest BCUT2D eigenvalue weighted by molar-refractivity contribution is -0.120. The quantitative estimate of drug-likeness (QED) is 0.374. The number of H-pyrrole nitrogens is 1. The number of hydrogen-bond donors (Lipinski definition) is 2. The van der Waals surface area contributed by atoms with Crippen LogP contribution in [0.2, 0.25) is 0 Å². The van der Waals surface area contributed by atoms with E-state index in [2.05, 4.69) is 67.8 Å². The maximum atomic E-state index is 12.1. The summed E-state index contributed by atoms with van der Waals surface area (Å²) in [5, 5.41) is 18.4. The van der Waals surface area contributed by atoms with E-state index in [0.717, 1.165) is 20.1 Å². The van der Waals surface area contributed by atoms with Crippen LogP contribution in [-0.2, 0) is 10.2 Å². The Morgan fingerprint density at radius 1 is 1.17 bits per heavy atom. The molecule has 3 rings (SSSR count). The normalized spacial score (nSPS) is 12.1. The van der Waals surface area contributed by atoms with Crippen molar-refractivity contribution in [1.29, 1.82) is 0 Å². The van der Waals surface area contributed by atoms with Gasteiger partial charge in [-0.05, 0) is 63.7 Å². The zero-order valence-electron chi connectivity index (χ0n) is 16.5. The lowest BCUT2D eigenvalue weighted by Gasteiger charge is -2.20. The second-order valence-electron chi connectivity index (χ2n) is 7.75. The van der Waals surface area contributed by atoms with Crippen LogP contribution < -0.4 is 4.74 Å². The largest absolute Gasteiger partial charge is 0.493 e. The minimum absolute atomic E-state index is 0.0142. The minimum atomic E-state index is -0.556. The van der Waals surface area contributed by atoms with Gasteiger partial charge in [-0.1, -0.05) is 42.8 Å². The first-order chi connectivity index (χ1) is 13.6. The van der Waals surface area contributed by atoms with Crippen molar-refractivity contribution in [2.24, 2.45) is 10.2 Å². The van der Waals surface area contributed by atoms with E-state index in [4.69, 9.17) is 4.74 Å². The molecular weight excluding hydrogens is 502 g/mol. The number of azo groups is 1. The molecule has 0 atom stereocenters. The van der Waals surface area contributed by atoms with Crippen LogP contribution in [0.1, 0.15) is 31.9 Å². The number of benzene rings is 2. The summed E-state index contributed by atoms with van der Waals surface area (Å²) in [6, 6.07) is 9.47. The van der Waals surface area contributed by atoms with Gasteiger partial charge in [0.2, 0.25) is 5.88 Å². The lowest BCUT2D eigenvalue weighted by atomic mass is 9.87. The fourth-order valence-corrected chi connectivity index (χ4v) is 3.59. The van der Waals surface area contributed by atoms with E-state index < -0.39 is 5.91 Å². The Hall–Kier alpha value is -2.19. The first kappa shape index (κ1) is 21.5. The number of aromatic amines is 1. The molecule has 8 heteroatoms. The number of amides is 1. The van der Waals surface area contributed by atoms with Gasteiger partial charge in [-0.15, -0.1) is 10.2 Å². The van der Waals surface area contributed by atoms with Crippen LogP contribution in [0, 0.1) is 6.92 Å². The lowest BCUT2D eigenvalue weighted by Crippen LogP contribution is -2.12. The van der Waals surface area contributed by atoms with Crippen molar-refractivity contribution >= 4 is 54.4 Å². The third-order valence-electron chi connectivity index (χ3n) is 4.44. The Balaban J connectivity index is 1.72. The highest BCUT2D eigenvalue weighted by molar-refractivity contribution is 9.10. The molecule has 1 aromatic heterocycles. The Kier molecular flexibility index (Phi) is 6.14. The second-order valence-corrected chi connectivity index (χ2v) is 9.46. The predicted octanol–water partition coefficient (Wildman–Crippen LogP) is 6.69. The average molecular weight is 523 g/mol. The van der Waals surface area contributed by atoms with Crippen molar-refractivity contribution in [3.05, 3.63) is 50.4 Å². The highest BCUT2D eigenvalue weighted by Gasteiger charge is 2.16. The summed E-state index contributed by atoms with van der Waals surface area (Å²) < 4.78 is 7.24. The Labute approximate surface area is 185 Å². The number of nitrogens with zero attached hydrogens (tertiary/aromatic N) is 2. The number of aromatic nitrogens is 1. The number of aromatic hydroxyl groups is 1. The Morgan fingerprint density at radius 2 is 1.90 bits per heavy atom. The molecule has 0 radical (unpaired) electrons. The molecule has 0 aliphatic heterocycles. The number of carbonyl (C=O) groups is 1. The summed E-state index contributed by atoms with van der Waals surface area (Å²) in [4.78, 5) is 14.9. The van der Waals surface area contributed by atoms with E-state index in [1.54, 1.807) is 0 Å². The van der Waals surface area contributed by atoms with Gasteiger partial charge in [-0.2, -0.15) is 0 Å². The SMILES string of the molecule is Cc1cc2c(N=NC(=O)COc3ccc(C(C)(C)C)cc3Br)c(O)[nH]c2cc1Br. The Morgan fingerprint density at radius 3 is 2.55 bits per heavy atom. The number of hydrogen-bond acceptors (Lipinski definition) is 4. The van der Waals surface area contributed by atoms with Crippen molar-refractivity contribution in [2.75, 3.05) is 6.61 Å². The standard InChI is InChI=1S/C21H21Br2N3O3/c1-11-7-13-16(9-14(11)22)24-20(28)19(13)26-25-18(27)10-29-17-6-5-12(8-15(17)23)21(2,3)4/h5-9,24,28H,10H2,1-4H3. The van der Waals surface area contributed by atoms with Crippen LogP contribution >= 0.6 is 31.9 Å². The summed E-state index contributed by atoms with van der Waals surface area (Å²) in [6.07, 6.45) is 0. The van der Waals surface area contributed by atoms with Gasteiger partial charge in [0.15, 0.2) is 12.3 Å². The first-order valence-electron chi connectivity index (χ1n) is 8.94. The van der Waals surface area contributed by atoms with Crippen molar-refractivity contribution < 1.29 is 14.6 Å². The van der Waals surface area contributed by atoms with Gasteiger partial charge in [0, 0.05) is 9.86 Å². The molecule has 152 valence electrons. The van der Waals surface area contributed by atoms with Gasteiger partial charge in [0.05, 0.1) is 9.99 Å². The zero-order valence-corrected chi connectivity index (χ0v) is 19.7. The number of rotatable bonds is 4. The smallest absolute Gasteiger partial charge is 0.302 e. The van der Waals surface area contributed by atoms with E-state index in [1.807, 2.05) is 37.3 Å².